The molecule has 7 rings (SSSR count). The number of H-pyrrole nitrogens is 1. The highest BCUT2D eigenvalue weighted by Crippen LogP contribution is 2.60. The monoisotopic (exact) mass is 706 g/mol. The molecule has 4 aromatic rings. The van der Waals surface area contributed by atoms with Crippen LogP contribution in [0.4, 0.5) is 20.5 Å². The van der Waals surface area contributed by atoms with E-state index in [1.807, 2.05) is 0 Å². The van der Waals surface area contributed by atoms with Gasteiger partial charge in [-0.05, 0) is 12.6 Å². The van der Waals surface area contributed by atoms with Crippen LogP contribution in [0.5, 0.6) is 0 Å². The zero-order valence-electron chi connectivity index (χ0n) is 22.9. The number of aromatic amines is 1. The fraction of sp³-hybridized carbons (Fsp3) is 0.455. The van der Waals surface area contributed by atoms with Crippen LogP contribution in [0.2, 0.25) is 0 Å². The first-order valence-corrected chi connectivity index (χ1v) is 19.1. The van der Waals surface area contributed by atoms with Gasteiger partial charge in [-0.1, -0.05) is 24.5 Å². The van der Waals surface area contributed by atoms with Crippen LogP contribution < -0.4 is 17.0 Å². The van der Waals surface area contributed by atoms with E-state index in [1.54, 1.807) is 0 Å². The number of nitrogens with two attached hydrogens (primary N) is 2. The van der Waals surface area contributed by atoms with Gasteiger partial charge in [0.1, 0.15) is 36.3 Å². The van der Waals surface area contributed by atoms with Crippen LogP contribution in [0.15, 0.2) is 23.8 Å². The van der Waals surface area contributed by atoms with Crippen molar-refractivity contribution >= 4 is 84.3 Å². The van der Waals surface area contributed by atoms with Crippen LogP contribution in [0.3, 0.4) is 0 Å². The molecule has 0 radical (unpaired) electrons. The first-order valence-electron chi connectivity index (χ1n) is 13.1. The van der Waals surface area contributed by atoms with Crippen molar-refractivity contribution in [2.24, 2.45) is 0 Å². The van der Waals surface area contributed by atoms with Gasteiger partial charge in [-0.2, -0.15) is 4.98 Å². The summed E-state index contributed by atoms with van der Waals surface area (Å²) in [5.74, 6) is -0.0844. The van der Waals surface area contributed by atoms with Gasteiger partial charge in [0.15, 0.2) is 60.5 Å². The predicted octanol–water partition coefficient (Wildman–Crippen LogP) is 1.66. The van der Waals surface area contributed by atoms with Gasteiger partial charge in [-0.3, -0.25) is 18.9 Å². The maximum atomic E-state index is 16.2. The number of hydrogen-bond donors (Lipinski definition) is 5. The third kappa shape index (κ3) is 5.58. The predicted molar refractivity (Wildman–Crippen MR) is 168 cm³/mol. The molecule has 3 aliphatic rings. The number of hydrogen-bond acceptors (Lipinski definition) is 16. The van der Waals surface area contributed by atoms with Crippen LogP contribution >= 0.6 is 37.6 Å². The average molecular weight is 707 g/mol. The van der Waals surface area contributed by atoms with Crippen LogP contribution in [0.1, 0.15) is 12.5 Å². The summed E-state index contributed by atoms with van der Waals surface area (Å²) in [6.07, 6.45) is 0.437. The number of fused-ring (bicyclic) bond motifs is 4. The lowest BCUT2D eigenvalue weighted by molar-refractivity contribution is -0.0502. The van der Waals surface area contributed by atoms with Gasteiger partial charge in [-0.25, -0.2) is 28.7 Å². The molecule has 0 amide bonds. The van der Waals surface area contributed by atoms with Crippen molar-refractivity contribution < 1.29 is 36.3 Å². The molecule has 0 bridgehead atoms. The normalized spacial score (nSPS) is 37.7. The first-order chi connectivity index (χ1) is 21.3. The molecule has 4 aromatic heterocycles. The third-order valence-electron chi connectivity index (χ3n) is 7.37. The molecule has 45 heavy (non-hydrogen) atoms. The summed E-state index contributed by atoms with van der Waals surface area (Å²) in [4.78, 5) is 34.9. The van der Waals surface area contributed by atoms with Crippen LogP contribution in [-0.2, 0) is 27.6 Å². The second-order valence-electron chi connectivity index (χ2n) is 10.4. The van der Waals surface area contributed by atoms with Gasteiger partial charge in [0, 0.05) is 0 Å². The minimum Gasteiger partial charge on any atom is -0.382 e. The molecular weight excluding hydrogens is 680 g/mol. The van der Waals surface area contributed by atoms with Gasteiger partial charge in [-0.15, -0.1) is 0 Å². The summed E-state index contributed by atoms with van der Waals surface area (Å²) in [7, 11) is 0. The fourth-order valence-electron chi connectivity index (χ4n) is 5.36. The van der Waals surface area contributed by atoms with Crippen molar-refractivity contribution in [3.63, 3.8) is 0 Å². The lowest BCUT2D eigenvalue weighted by Crippen LogP contribution is -2.36. The van der Waals surface area contributed by atoms with E-state index in [0.29, 0.717) is 0 Å². The summed E-state index contributed by atoms with van der Waals surface area (Å²) in [5, 5.41) is 0. The van der Waals surface area contributed by atoms with Crippen LogP contribution in [0.25, 0.3) is 22.3 Å². The van der Waals surface area contributed by atoms with Crippen molar-refractivity contribution in [2.45, 2.75) is 49.2 Å². The number of halogens is 2. The van der Waals surface area contributed by atoms with Gasteiger partial charge >= 0.3 is 0 Å². The van der Waals surface area contributed by atoms with E-state index in [0.717, 1.165) is 0 Å². The Morgan fingerprint density at radius 3 is 1.98 bits per heavy atom. The number of ether oxygens (including phenoxy) is 2. The Bertz CT molecular complexity index is 1950. The maximum absolute atomic E-state index is 16.2. The highest BCUT2D eigenvalue weighted by atomic mass is 32.7. The Labute approximate surface area is 262 Å². The van der Waals surface area contributed by atoms with Gasteiger partial charge in [0.25, 0.3) is 5.56 Å². The molecule has 3 saturated heterocycles. The van der Waals surface area contributed by atoms with E-state index < -0.39 is 67.9 Å². The molecule has 0 aliphatic carbocycles. The van der Waals surface area contributed by atoms with E-state index >= 15 is 8.78 Å². The lowest BCUT2D eigenvalue weighted by Gasteiger charge is -2.32. The Kier molecular flexibility index (Phi) is 7.79. The quantitative estimate of drug-likeness (QED) is 0.148. The van der Waals surface area contributed by atoms with Crippen LogP contribution in [0, 0.1) is 0 Å². The van der Waals surface area contributed by atoms with E-state index in [2.05, 4.69) is 67.0 Å². The van der Waals surface area contributed by atoms with Crippen molar-refractivity contribution in [3.05, 3.63) is 29.3 Å². The van der Waals surface area contributed by atoms with E-state index in [-0.39, 0.29) is 47.3 Å². The Balaban J connectivity index is 1.17. The second-order valence-corrected chi connectivity index (χ2v) is 17.5. The van der Waals surface area contributed by atoms with Crippen molar-refractivity contribution in [1.29, 1.82) is 0 Å². The molecule has 242 valence electrons. The molecule has 10 atom stereocenters. The molecule has 0 spiro atoms. The van der Waals surface area contributed by atoms with Crippen molar-refractivity contribution in [2.75, 3.05) is 24.7 Å². The highest BCUT2D eigenvalue weighted by Gasteiger charge is 2.52. The Hall–Kier alpha value is -2.58. The highest BCUT2D eigenvalue weighted by molar-refractivity contribution is 8.48. The number of nitrogen functional groups attached to an aromatic ring is 2. The number of thiol groups is 2. The average Bonchev–Trinajstić information content (AvgIpc) is 3.72. The minimum absolute atomic E-state index is 0.00943. The molecule has 0 saturated carbocycles. The van der Waals surface area contributed by atoms with Gasteiger partial charge < -0.3 is 39.0 Å². The number of alkyl halides is 2. The Morgan fingerprint density at radius 1 is 0.867 bits per heavy atom. The number of nitrogens with zero attached hydrogens (tertiary/aromatic N) is 7. The largest absolute Gasteiger partial charge is 0.382 e. The van der Waals surface area contributed by atoms with Crippen LogP contribution in [-0.4, -0.2) is 102 Å². The van der Waals surface area contributed by atoms with E-state index in [1.165, 1.54) is 28.1 Å². The molecule has 23 heteroatoms. The molecular formula is C22H26F2N10O7P2S2. The molecule has 17 nitrogen and oxygen atoms in total. The first kappa shape index (κ1) is 31.0. The molecule has 5 N–H and O–H groups in total. The van der Waals surface area contributed by atoms with Gasteiger partial charge in [0.05, 0.1) is 25.9 Å². The molecule has 3 aliphatic heterocycles. The van der Waals surface area contributed by atoms with Crippen molar-refractivity contribution in [1.82, 2.24) is 39.0 Å². The molecule has 3 fully saturated rings. The smallest absolute Gasteiger partial charge is 0.280 e. The minimum atomic E-state index is -3.38. The number of rotatable bonds is 2. The zero-order chi connectivity index (χ0) is 31.8. The standard InChI is InChI=1S/C22H26F2N10O7P2S2/c1-42(44)37-4-9-15(11(24)21(39-9)34-7-30-13-18(34)31-22(26)32-19(13)35)41-43(2,45)36-3-8-14(40-42)10(23)20(38-8)33-6-29-12-16(25)27-5-28-17(12)33/h5-11,14-15,20-21,44-45H,1-4H2,(H2,25,27,28)(H3,26,31,32,35)/t8-,9+,10+,11+,14-,15+,20-,21+,42?,43?/m0/s1. The SMILES string of the molecule is C=P1(S)OC[C@H]2O[C@@H](n3cnc4c(=O)[nH]c(N)nc43)[C@H](F)[C@@H]2OP(=C)(S)OC[C@@H]2O[C@H](n3cnc4c(N)ncnc43)[C@H](F)[C@H]2O1. The fourth-order valence-corrected chi connectivity index (χ4v) is 8.56. The van der Waals surface area contributed by atoms with E-state index in [9.17, 15) is 4.79 Å². The Morgan fingerprint density at radius 2 is 1.40 bits per heavy atom. The van der Waals surface area contributed by atoms with E-state index in [4.69, 9.17) is 39.0 Å². The van der Waals surface area contributed by atoms with Gasteiger partial charge in [0.2, 0.25) is 5.95 Å². The summed E-state index contributed by atoms with van der Waals surface area (Å²) in [5.41, 5.74) is 11.4. The number of aromatic nitrogens is 8. The molecule has 7 heterocycles. The topological polar surface area (TPSA) is 215 Å². The summed E-state index contributed by atoms with van der Waals surface area (Å²) in [6, 6.07) is 0. The molecule has 2 unspecified atom stereocenters. The van der Waals surface area contributed by atoms with Crippen molar-refractivity contribution in [3.8, 4) is 0 Å². The number of nitrogens with one attached hydrogen (secondary N) is 1. The second kappa shape index (κ2) is 11.3. The zero-order valence-corrected chi connectivity index (χ0v) is 26.4. The molecule has 0 aromatic carbocycles. The summed E-state index contributed by atoms with van der Waals surface area (Å²) < 4.78 is 70.7. The lowest BCUT2D eigenvalue weighted by atomic mass is 10.1. The summed E-state index contributed by atoms with van der Waals surface area (Å²) in [6.45, 7) is -7.41. The third-order valence-corrected chi connectivity index (χ3v) is 10.9. The number of anilines is 2. The maximum Gasteiger partial charge on any atom is 0.280 e. The summed E-state index contributed by atoms with van der Waals surface area (Å²) >= 11 is 8.93. The number of imidazole rings is 2.